The van der Waals surface area contributed by atoms with Gasteiger partial charge in [-0.1, -0.05) is 20.8 Å². The topological polar surface area (TPSA) is 98.3 Å². The first kappa shape index (κ1) is 18.6. The molecule has 1 aliphatic carbocycles. The average molecular weight is 374 g/mol. The van der Waals surface area contributed by atoms with Gasteiger partial charge in [0.05, 0.1) is 17.7 Å². The maximum atomic E-state index is 13.1. The molecule has 1 spiro atoms. The summed E-state index contributed by atoms with van der Waals surface area (Å²) >= 11 is 0. The van der Waals surface area contributed by atoms with Crippen LogP contribution in [0.2, 0.25) is 0 Å². The third-order valence-corrected chi connectivity index (χ3v) is 6.63. The monoisotopic (exact) mass is 374 g/mol. The van der Waals surface area contributed by atoms with Crippen molar-refractivity contribution in [2.75, 3.05) is 32.8 Å². The zero-order chi connectivity index (χ0) is 19.4. The Morgan fingerprint density at radius 2 is 2.04 bits per heavy atom. The number of aliphatic hydroxyl groups excluding tert-OH is 1. The van der Waals surface area contributed by atoms with Crippen LogP contribution in [0.15, 0.2) is 4.79 Å². The van der Waals surface area contributed by atoms with Crippen LogP contribution >= 0.6 is 0 Å². The fourth-order valence-electron chi connectivity index (χ4n) is 4.80. The van der Waals surface area contributed by atoms with E-state index < -0.39 is 5.41 Å². The van der Waals surface area contributed by atoms with Crippen LogP contribution in [-0.2, 0) is 22.0 Å². The number of piperidine rings is 1. The molecule has 148 valence electrons. The second-order valence-corrected chi connectivity index (χ2v) is 9.64. The van der Waals surface area contributed by atoms with Gasteiger partial charge in [0.2, 0.25) is 5.91 Å². The van der Waals surface area contributed by atoms with Crippen molar-refractivity contribution in [2.24, 2.45) is 5.41 Å². The Balaban J connectivity index is 1.69. The van der Waals surface area contributed by atoms with Gasteiger partial charge in [0.15, 0.2) is 0 Å². The molecule has 0 aromatic carbocycles. The van der Waals surface area contributed by atoms with E-state index in [0.717, 1.165) is 36.9 Å². The van der Waals surface area contributed by atoms with Gasteiger partial charge in [-0.05, 0) is 25.7 Å². The lowest BCUT2D eigenvalue weighted by atomic mass is 9.75. The summed E-state index contributed by atoms with van der Waals surface area (Å²) in [6, 6.07) is 0. The second kappa shape index (κ2) is 6.14. The van der Waals surface area contributed by atoms with E-state index in [2.05, 4.69) is 10.3 Å². The molecule has 1 unspecified atom stereocenters. The molecule has 1 aromatic heterocycles. The lowest BCUT2D eigenvalue weighted by Crippen LogP contribution is -2.65. The summed E-state index contributed by atoms with van der Waals surface area (Å²) in [6.07, 6.45) is 3.44. The van der Waals surface area contributed by atoms with E-state index in [1.165, 1.54) is 0 Å². The highest BCUT2D eigenvalue weighted by Crippen LogP contribution is 2.44. The molecule has 2 fully saturated rings. The molecule has 0 saturated carbocycles. The van der Waals surface area contributed by atoms with E-state index >= 15 is 0 Å². The maximum absolute atomic E-state index is 13.1. The molecule has 2 saturated heterocycles. The highest BCUT2D eigenvalue weighted by atomic mass is 16.3. The number of fused-ring (bicyclic) bond motifs is 2. The molecule has 0 radical (unpaired) electrons. The number of aromatic nitrogens is 2. The first-order chi connectivity index (χ1) is 12.7. The van der Waals surface area contributed by atoms with Crippen molar-refractivity contribution >= 4 is 5.91 Å². The van der Waals surface area contributed by atoms with Crippen molar-refractivity contribution in [1.82, 2.24) is 20.2 Å². The number of likely N-dealkylation sites (tertiary alicyclic amines) is 1. The predicted molar refractivity (Wildman–Crippen MR) is 102 cm³/mol. The molecule has 7 nitrogen and oxygen atoms in total. The number of hydrogen-bond donors (Lipinski definition) is 3. The van der Waals surface area contributed by atoms with E-state index in [1.807, 2.05) is 25.7 Å². The number of carbonyl (C=O) groups is 1. The molecule has 1 aromatic rings. The van der Waals surface area contributed by atoms with Gasteiger partial charge in [0, 0.05) is 42.6 Å². The summed E-state index contributed by atoms with van der Waals surface area (Å²) < 4.78 is 0. The lowest BCUT2D eigenvalue weighted by molar-refractivity contribution is -0.150. The van der Waals surface area contributed by atoms with Crippen LogP contribution in [0.1, 0.15) is 57.1 Å². The molecular weight excluding hydrogens is 344 g/mol. The summed E-state index contributed by atoms with van der Waals surface area (Å²) in [5.74, 6) is 0.753. The molecule has 1 atom stereocenters. The van der Waals surface area contributed by atoms with Crippen molar-refractivity contribution in [3.63, 3.8) is 0 Å². The fourth-order valence-corrected chi connectivity index (χ4v) is 4.80. The van der Waals surface area contributed by atoms with Crippen LogP contribution < -0.4 is 10.9 Å². The molecule has 4 rings (SSSR count). The minimum atomic E-state index is -0.669. The van der Waals surface area contributed by atoms with Gasteiger partial charge < -0.3 is 20.3 Å². The van der Waals surface area contributed by atoms with Crippen molar-refractivity contribution in [2.45, 2.75) is 57.3 Å². The molecule has 7 heteroatoms. The highest BCUT2D eigenvalue weighted by Gasteiger charge is 2.51. The first-order valence-corrected chi connectivity index (χ1v) is 9.96. The molecule has 3 aliphatic rings. The lowest BCUT2D eigenvalue weighted by Gasteiger charge is -2.47. The minimum Gasteiger partial charge on any atom is -0.395 e. The van der Waals surface area contributed by atoms with E-state index in [-0.39, 0.29) is 28.9 Å². The van der Waals surface area contributed by atoms with Gasteiger partial charge in [-0.25, -0.2) is 4.98 Å². The Morgan fingerprint density at radius 1 is 1.30 bits per heavy atom. The Kier molecular flexibility index (Phi) is 4.23. The SMILES string of the molecule is CC(C)(C)c1nc2c(c(=O)[nH]1)CCC21CCCN(C(=O)C2(CO)CNC2)C1. The van der Waals surface area contributed by atoms with Crippen molar-refractivity contribution in [1.29, 1.82) is 0 Å². The quantitative estimate of drug-likeness (QED) is 0.698. The van der Waals surface area contributed by atoms with Gasteiger partial charge >= 0.3 is 0 Å². The van der Waals surface area contributed by atoms with E-state index in [4.69, 9.17) is 4.98 Å². The number of aromatic amines is 1. The van der Waals surface area contributed by atoms with Crippen LogP contribution in [0.4, 0.5) is 0 Å². The van der Waals surface area contributed by atoms with Crippen LogP contribution in [-0.4, -0.2) is 58.7 Å². The van der Waals surface area contributed by atoms with E-state index in [9.17, 15) is 14.7 Å². The number of amides is 1. The smallest absolute Gasteiger partial charge is 0.254 e. The van der Waals surface area contributed by atoms with Gasteiger partial charge in [0.1, 0.15) is 5.82 Å². The first-order valence-electron chi connectivity index (χ1n) is 9.96. The number of rotatable bonds is 2. The Hall–Kier alpha value is -1.73. The second-order valence-electron chi connectivity index (χ2n) is 9.64. The van der Waals surface area contributed by atoms with E-state index in [1.54, 1.807) is 0 Å². The van der Waals surface area contributed by atoms with Crippen LogP contribution in [0.3, 0.4) is 0 Å². The number of H-pyrrole nitrogens is 1. The summed E-state index contributed by atoms with van der Waals surface area (Å²) in [5.41, 5.74) is 0.530. The number of nitrogens with zero attached hydrogens (tertiary/aromatic N) is 2. The number of aliphatic hydroxyl groups is 1. The number of nitrogens with one attached hydrogen (secondary N) is 2. The largest absolute Gasteiger partial charge is 0.395 e. The molecule has 27 heavy (non-hydrogen) atoms. The average Bonchev–Trinajstić information content (AvgIpc) is 2.92. The zero-order valence-corrected chi connectivity index (χ0v) is 16.5. The van der Waals surface area contributed by atoms with Crippen molar-refractivity contribution in [3.8, 4) is 0 Å². The van der Waals surface area contributed by atoms with Gasteiger partial charge in [-0.2, -0.15) is 0 Å². The number of carbonyl (C=O) groups excluding carboxylic acids is 1. The Bertz CT molecular complexity index is 816. The third kappa shape index (κ3) is 2.83. The molecule has 3 heterocycles. The van der Waals surface area contributed by atoms with Crippen LogP contribution in [0, 0.1) is 5.41 Å². The number of hydrogen-bond acceptors (Lipinski definition) is 5. The van der Waals surface area contributed by atoms with Gasteiger partial charge in [0.25, 0.3) is 5.56 Å². The van der Waals surface area contributed by atoms with Crippen LogP contribution in [0.5, 0.6) is 0 Å². The van der Waals surface area contributed by atoms with Gasteiger partial charge in [-0.15, -0.1) is 0 Å². The highest BCUT2D eigenvalue weighted by molar-refractivity contribution is 5.84. The van der Waals surface area contributed by atoms with Gasteiger partial charge in [-0.3, -0.25) is 9.59 Å². The standard InChI is InChI=1S/C20H30N4O3/c1-18(2,3)16-22-14-13(15(26)23-16)5-7-19(14)6-4-8-24(11-19)17(27)20(12-25)9-21-10-20/h21,25H,4-12H2,1-3H3,(H,22,23,26). The Morgan fingerprint density at radius 3 is 2.63 bits per heavy atom. The summed E-state index contributed by atoms with van der Waals surface area (Å²) in [7, 11) is 0. The van der Waals surface area contributed by atoms with E-state index in [0.29, 0.717) is 32.0 Å². The summed E-state index contributed by atoms with van der Waals surface area (Å²) in [5, 5.41) is 12.9. The molecule has 1 amide bonds. The molecule has 2 aliphatic heterocycles. The van der Waals surface area contributed by atoms with Crippen molar-refractivity contribution in [3.05, 3.63) is 27.4 Å². The maximum Gasteiger partial charge on any atom is 0.254 e. The molecule has 3 N–H and O–H groups in total. The third-order valence-electron chi connectivity index (χ3n) is 6.63. The fraction of sp³-hybridized carbons (Fsp3) is 0.750. The summed E-state index contributed by atoms with van der Waals surface area (Å²) in [6.45, 7) is 8.40. The Labute approximate surface area is 159 Å². The normalized spacial score (nSPS) is 26.7. The van der Waals surface area contributed by atoms with Crippen LogP contribution in [0.25, 0.3) is 0 Å². The minimum absolute atomic E-state index is 0.0275. The summed E-state index contributed by atoms with van der Waals surface area (Å²) in [4.78, 5) is 35.6. The molecule has 0 bridgehead atoms. The molecular formula is C20H30N4O3. The predicted octanol–water partition coefficient (Wildman–Crippen LogP) is 0.456. The van der Waals surface area contributed by atoms with Crippen molar-refractivity contribution < 1.29 is 9.90 Å². The zero-order valence-electron chi connectivity index (χ0n) is 16.5.